The highest BCUT2D eigenvalue weighted by molar-refractivity contribution is 7.89. The minimum atomic E-state index is -4.67. The number of alkyl halides is 3. The summed E-state index contributed by atoms with van der Waals surface area (Å²) in [6.45, 7) is -1.77. The summed E-state index contributed by atoms with van der Waals surface area (Å²) < 4.78 is 66.4. The fourth-order valence-electron chi connectivity index (χ4n) is 1.46. The summed E-state index contributed by atoms with van der Waals surface area (Å²) in [7, 11) is -3.24. The van der Waals surface area contributed by atoms with Gasteiger partial charge in [0.2, 0.25) is 10.0 Å². The van der Waals surface area contributed by atoms with Crippen molar-refractivity contribution in [3.05, 3.63) is 22.7 Å². The summed E-state index contributed by atoms with van der Waals surface area (Å²) in [5.74, 6) is -0.133. The molecular formula is C10H12ClF3N2O3S. The summed E-state index contributed by atoms with van der Waals surface area (Å²) in [6, 6.07) is 2.38. The molecule has 0 saturated carbocycles. The van der Waals surface area contributed by atoms with Crippen LogP contribution in [0.15, 0.2) is 17.0 Å². The molecule has 1 aromatic carbocycles. The predicted molar refractivity (Wildman–Crippen MR) is 67.1 cm³/mol. The molecule has 0 spiro atoms. The zero-order chi connectivity index (χ0) is 15.6. The van der Waals surface area contributed by atoms with Crippen LogP contribution in [0, 0.1) is 0 Å². The van der Waals surface area contributed by atoms with Gasteiger partial charge in [0, 0.05) is 17.1 Å². The highest BCUT2D eigenvalue weighted by atomic mass is 35.5. The second-order valence-electron chi connectivity index (χ2n) is 3.74. The molecule has 0 bridgehead atoms. The molecule has 114 valence electrons. The molecule has 0 aliphatic rings. The normalized spacial score (nSPS) is 12.5. The zero-order valence-corrected chi connectivity index (χ0v) is 11.9. The summed E-state index contributed by atoms with van der Waals surface area (Å²) in [5.41, 5.74) is 5.69. The number of halogens is 4. The molecule has 0 heterocycles. The largest absolute Gasteiger partial charge is 0.495 e. The molecule has 1 rings (SSSR count). The van der Waals surface area contributed by atoms with Crippen LogP contribution in [0.5, 0.6) is 5.75 Å². The van der Waals surface area contributed by atoms with Gasteiger partial charge in [-0.05, 0) is 12.1 Å². The quantitative estimate of drug-likeness (QED) is 0.859. The molecule has 0 aliphatic heterocycles. The van der Waals surface area contributed by atoms with Crippen molar-refractivity contribution in [2.24, 2.45) is 5.73 Å². The summed E-state index contributed by atoms with van der Waals surface area (Å²) in [6.07, 6.45) is -4.67. The Morgan fingerprint density at radius 2 is 2.00 bits per heavy atom. The number of nitrogens with one attached hydrogen (secondary N) is 1. The highest BCUT2D eigenvalue weighted by Crippen LogP contribution is 2.31. The number of sulfonamides is 1. The van der Waals surface area contributed by atoms with E-state index >= 15 is 0 Å². The van der Waals surface area contributed by atoms with Gasteiger partial charge in [-0.1, -0.05) is 11.6 Å². The van der Waals surface area contributed by atoms with Crippen molar-refractivity contribution in [2.45, 2.75) is 17.6 Å². The van der Waals surface area contributed by atoms with E-state index in [2.05, 4.69) is 0 Å². The van der Waals surface area contributed by atoms with Crippen LogP contribution in [0.4, 0.5) is 13.2 Å². The zero-order valence-electron chi connectivity index (χ0n) is 10.3. The summed E-state index contributed by atoms with van der Waals surface area (Å²) in [5, 5.41) is 0.0265. The van der Waals surface area contributed by atoms with E-state index in [1.807, 2.05) is 0 Å². The lowest BCUT2D eigenvalue weighted by Gasteiger charge is -2.15. The lowest BCUT2D eigenvalue weighted by Crippen LogP contribution is -2.34. The van der Waals surface area contributed by atoms with Crippen molar-refractivity contribution in [2.75, 3.05) is 13.7 Å². The van der Waals surface area contributed by atoms with E-state index in [1.165, 1.54) is 17.9 Å². The molecular weight excluding hydrogens is 321 g/mol. The van der Waals surface area contributed by atoms with Gasteiger partial charge in [0.1, 0.15) is 17.2 Å². The fourth-order valence-corrected chi connectivity index (χ4v) is 3.02. The molecule has 0 saturated heterocycles. The Morgan fingerprint density at radius 3 is 2.45 bits per heavy atom. The van der Waals surface area contributed by atoms with Gasteiger partial charge >= 0.3 is 6.18 Å². The molecule has 1 aromatic rings. The number of benzene rings is 1. The second kappa shape index (κ2) is 6.17. The van der Waals surface area contributed by atoms with E-state index < -0.39 is 27.6 Å². The molecule has 0 radical (unpaired) electrons. The van der Waals surface area contributed by atoms with Gasteiger partial charge < -0.3 is 10.5 Å². The van der Waals surface area contributed by atoms with Crippen LogP contribution in [0.1, 0.15) is 5.56 Å². The highest BCUT2D eigenvalue weighted by Gasteiger charge is 2.31. The van der Waals surface area contributed by atoms with E-state index in [0.717, 1.165) is 6.07 Å². The molecule has 0 amide bonds. The van der Waals surface area contributed by atoms with Crippen molar-refractivity contribution >= 4 is 21.6 Å². The van der Waals surface area contributed by atoms with Gasteiger partial charge in [0.25, 0.3) is 0 Å². The predicted octanol–water partition coefficient (Wildman–Crippen LogP) is 1.65. The van der Waals surface area contributed by atoms with Gasteiger partial charge in [-0.15, -0.1) is 0 Å². The molecule has 0 unspecified atom stereocenters. The van der Waals surface area contributed by atoms with E-state index in [1.54, 1.807) is 0 Å². The van der Waals surface area contributed by atoms with Crippen LogP contribution in [-0.2, 0) is 16.6 Å². The summed E-state index contributed by atoms with van der Waals surface area (Å²) >= 11 is 5.73. The molecule has 0 fully saturated rings. The van der Waals surface area contributed by atoms with Crippen molar-refractivity contribution in [3.8, 4) is 5.75 Å². The number of nitrogens with two attached hydrogens (primary N) is 1. The van der Waals surface area contributed by atoms with Crippen LogP contribution in [-0.4, -0.2) is 28.2 Å². The third-order valence-electron chi connectivity index (χ3n) is 2.27. The lowest BCUT2D eigenvalue weighted by atomic mass is 10.2. The third kappa shape index (κ3) is 4.23. The average molecular weight is 333 g/mol. The Balaban J connectivity index is 3.27. The Hall–Kier alpha value is -1.03. The molecule has 0 aromatic heterocycles. The van der Waals surface area contributed by atoms with Crippen LogP contribution < -0.4 is 15.2 Å². The van der Waals surface area contributed by atoms with Crippen molar-refractivity contribution in [1.29, 1.82) is 0 Å². The van der Waals surface area contributed by atoms with Crippen LogP contribution in [0.25, 0.3) is 0 Å². The minimum Gasteiger partial charge on any atom is -0.495 e. The van der Waals surface area contributed by atoms with E-state index in [4.69, 9.17) is 22.1 Å². The topological polar surface area (TPSA) is 81.4 Å². The molecule has 5 nitrogen and oxygen atoms in total. The molecule has 0 aliphatic carbocycles. The number of ether oxygens (including phenoxy) is 1. The minimum absolute atomic E-state index is 0.0265. The van der Waals surface area contributed by atoms with E-state index in [-0.39, 0.29) is 22.9 Å². The first-order valence-electron chi connectivity index (χ1n) is 5.23. The number of rotatable bonds is 5. The smallest absolute Gasteiger partial charge is 0.402 e. The third-order valence-corrected chi connectivity index (χ3v) is 3.90. The van der Waals surface area contributed by atoms with Crippen LogP contribution in [0.3, 0.4) is 0 Å². The maximum Gasteiger partial charge on any atom is 0.402 e. The monoisotopic (exact) mass is 332 g/mol. The number of hydrogen-bond donors (Lipinski definition) is 2. The Bertz CT molecular complexity index is 590. The van der Waals surface area contributed by atoms with E-state index in [0.29, 0.717) is 0 Å². The first kappa shape index (κ1) is 17.0. The number of methoxy groups -OCH3 is 1. The van der Waals surface area contributed by atoms with Gasteiger partial charge in [0.15, 0.2) is 0 Å². The summed E-state index contributed by atoms with van der Waals surface area (Å²) in [4.78, 5) is -0.489. The van der Waals surface area contributed by atoms with E-state index in [9.17, 15) is 21.6 Å². The molecule has 3 N–H and O–H groups in total. The molecule has 20 heavy (non-hydrogen) atoms. The molecule has 0 atom stereocenters. The van der Waals surface area contributed by atoms with Crippen molar-refractivity contribution in [3.63, 3.8) is 0 Å². The van der Waals surface area contributed by atoms with Gasteiger partial charge in [-0.25, -0.2) is 13.1 Å². The maximum absolute atomic E-state index is 12.1. The molecule has 10 heteroatoms. The Kier molecular flexibility index (Phi) is 5.25. The van der Waals surface area contributed by atoms with Crippen LogP contribution in [0.2, 0.25) is 5.02 Å². The fraction of sp³-hybridized carbons (Fsp3) is 0.400. The second-order valence-corrected chi connectivity index (χ2v) is 5.91. The SMILES string of the molecule is COc1c(CN)cc(Cl)cc1S(=O)(=O)NCC(F)(F)F. The van der Waals surface area contributed by atoms with Crippen LogP contribution >= 0.6 is 11.6 Å². The average Bonchev–Trinajstić information content (AvgIpc) is 2.34. The maximum atomic E-state index is 12.1. The van der Waals surface area contributed by atoms with Crippen molar-refractivity contribution in [1.82, 2.24) is 4.72 Å². The first-order chi connectivity index (χ1) is 9.10. The first-order valence-corrected chi connectivity index (χ1v) is 7.09. The lowest BCUT2D eigenvalue weighted by molar-refractivity contribution is -0.121. The standard InChI is InChI=1S/C10H12ClF3N2O3S/c1-19-9-6(4-15)2-7(11)3-8(9)20(17,18)16-5-10(12,13)14/h2-3,16H,4-5,15H2,1H3. The van der Waals surface area contributed by atoms with Gasteiger partial charge in [-0.2, -0.15) is 13.2 Å². The Morgan fingerprint density at radius 1 is 1.40 bits per heavy atom. The number of hydrogen-bond acceptors (Lipinski definition) is 4. The Labute approximate surface area is 118 Å². The van der Waals surface area contributed by atoms with Gasteiger partial charge in [0.05, 0.1) is 7.11 Å². The van der Waals surface area contributed by atoms with Crippen molar-refractivity contribution < 1.29 is 26.3 Å². The van der Waals surface area contributed by atoms with Gasteiger partial charge in [-0.3, -0.25) is 0 Å².